The number of hydrogen-bond acceptors (Lipinski definition) is 0. The second kappa shape index (κ2) is 8.13. The van der Waals surface area contributed by atoms with Crippen LogP contribution in [0.3, 0.4) is 0 Å². The molecular formula is C46H32N2Si2. The molecule has 11 aromatic rings. The maximum Gasteiger partial charge on any atom is 0.116 e. The van der Waals surface area contributed by atoms with Crippen molar-refractivity contribution >= 4 is 113 Å². The van der Waals surface area contributed by atoms with E-state index in [-0.39, 0.29) is 0 Å². The summed E-state index contributed by atoms with van der Waals surface area (Å²) in [7, 11) is -3.78. The van der Waals surface area contributed by atoms with E-state index in [1.165, 1.54) is 98.4 Å². The Labute approximate surface area is 290 Å². The summed E-state index contributed by atoms with van der Waals surface area (Å²) in [6.07, 6.45) is 0. The molecule has 13 rings (SSSR count). The largest absolute Gasteiger partial charge is 0.308 e. The molecule has 0 aliphatic carbocycles. The van der Waals surface area contributed by atoms with Crippen LogP contribution >= 0.6 is 0 Å². The van der Waals surface area contributed by atoms with E-state index >= 15 is 0 Å². The average molecular weight is 669 g/mol. The second-order valence-electron chi connectivity index (χ2n) is 16.1. The van der Waals surface area contributed by atoms with E-state index in [0.717, 1.165) is 0 Å². The first-order valence-electron chi connectivity index (χ1n) is 18.0. The minimum atomic E-state index is -1.96. The molecule has 0 saturated carbocycles. The molecule has 234 valence electrons. The third-order valence-corrected chi connectivity index (χ3v) is 20.2. The van der Waals surface area contributed by atoms with Crippen LogP contribution in [0.5, 0.6) is 0 Å². The number of aromatic nitrogens is 2. The van der Waals surface area contributed by atoms with Crippen molar-refractivity contribution in [2.45, 2.75) is 26.2 Å². The van der Waals surface area contributed by atoms with Gasteiger partial charge in [0.15, 0.2) is 0 Å². The Bertz CT molecular complexity index is 3370. The van der Waals surface area contributed by atoms with E-state index in [0.29, 0.717) is 0 Å². The summed E-state index contributed by atoms with van der Waals surface area (Å²) in [4.78, 5) is 0. The minimum absolute atomic E-state index is 1.32. The Morgan fingerprint density at radius 2 is 0.860 bits per heavy atom. The molecule has 0 saturated heterocycles. The second-order valence-corrected chi connectivity index (χ2v) is 24.7. The van der Waals surface area contributed by atoms with Gasteiger partial charge < -0.3 is 8.80 Å². The summed E-state index contributed by atoms with van der Waals surface area (Å²) >= 11 is 0. The van der Waals surface area contributed by atoms with Gasteiger partial charge in [-0.1, -0.05) is 135 Å². The van der Waals surface area contributed by atoms with Crippen molar-refractivity contribution in [3.63, 3.8) is 0 Å². The Hall–Kier alpha value is -5.43. The molecule has 0 atom stereocenters. The molecule has 4 heteroatoms. The number of hydrogen-bond donors (Lipinski definition) is 0. The molecule has 0 unspecified atom stereocenters. The summed E-state index contributed by atoms with van der Waals surface area (Å²) in [5, 5.41) is 17.2. The van der Waals surface area contributed by atoms with Crippen molar-refractivity contribution in [1.82, 2.24) is 8.80 Å². The molecule has 50 heavy (non-hydrogen) atoms. The molecule has 0 spiro atoms. The fraction of sp³-hybridized carbons (Fsp3) is 0.0870. The third-order valence-electron chi connectivity index (χ3n) is 13.1. The van der Waals surface area contributed by atoms with E-state index in [2.05, 4.69) is 156 Å². The van der Waals surface area contributed by atoms with Gasteiger partial charge in [-0.15, -0.1) is 0 Å². The number of fused-ring (bicyclic) bond motifs is 20. The van der Waals surface area contributed by atoms with Crippen LogP contribution in [0.15, 0.2) is 121 Å². The van der Waals surface area contributed by atoms with Crippen molar-refractivity contribution < 1.29 is 0 Å². The molecule has 2 aliphatic rings. The topological polar surface area (TPSA) is 8.82 Å². The van der Waals surface area contributed by atoms with Gasteiger partial charge in [-0.25, -0.2) is 0 Å². The smallest absolute Gasteiger partial charge is 0.116 e. The van der Waals surface area contributed by atoms with Crippen LogP contribution in [0.1, 0.15) is 0 Å². The molecular weight excluding hydrogens is 637 g/mol. The van der Waals surface area contributed by atoms with Gasteiger partial charge in [0, 0.05) is 48.7 Å². The normalized spacial score (nSPS) is 15.9. The average Bonchev–Trinajstić information content (AvgIpc) is 3.93. The number of rotatable bonds is 0. The first kappa shape index (κ1) is 26.4. The number of para-hydroxylation sites is 2. The summed E-state index contributed by atoms with van der Waals surface area (Å²) in [6, 6.07) is 47.2. The molecule has 0 radical (unpaired) electrons. The van der Waals surface area contributed by atoms with Crippen LogP contribution in [-0.2, 0) is 0 Å². The quantitative estimate of drug-likeness (QED) is 0.142. The van der Waals surface area contributed by atoms with Crippen LogP contribution in [0.25, 0.3) is 98.4 Å². The molecule has 7 aromatic carbocycles. The Morgan fingerprint density at radius 3 is 1.52 bits per heavy atom. The SMILES string of the molecule is C[Si]1(C)c2ccccc2-c2c1ccc1c3cccc4c5cc6c(cc5n(c21)c43)c1cccc2c3ccc4c(c3n6c12)[Si](C)(C)c1ccccc1-4. The van der Waals surface area contributed by atoms with Gasteiger partial charge in [0.2, 0.25) is 0 Å². The molecule has 0 amide bonds. The lowest BCUT2D eigenvalue weighted by atomic mass is 10.0. The maximum atomic E-state index is 2.67. The van der Waals surface area contributed by atoms with Crippen molar-refractivity contribution in [3.05, 3.63) is 121 Å². The highest BCUT2D eigenvalue weighted by molar-refractivity contribution is 7.05. The zero-order valence-corrected chi connectivity index (χ0v) is 30.4. The number of nitrogens with zero attached hydrogens (tertiary/aromatic N) is 2. The van der Waals surface area contributed by atoms with E-state index < -0.39 is 16.1 Å². The predicted molar refractivity (Wildman–Crippen MR) is 220 cm³/mol. The Morgan fingerprint density at radius 1 is 0.360 bits per heavy atom. The van der Waals surface area contributed by atoms with Crippen LogP contribution in [0, 0.1) is 0 Å². The molecule has 6 heterocycles. The first-order chi connectivity index (χ1) is 24.4. The van der Waals surface area contributed by atoms with E-state index in [9.17, 15) is 0 Å². The lowest BCUT2D eigenvalue weighted by Gasteiger charge is -2.20. The van der Waals surface area contributed by atoms with E-state index in [1.807, 2.05) is 0 Å². The minimum Gasteiger partial charge on any atom is -0.308 e. The summed E-state index contributed by atoms with van der Waals surface area (Å²) in [6.45, 7) is 10.2. The third kappa shape index (κ3) is 2.65. The summed E-state index contributed by atoms with van der Waals surface area (Å²) in [5.41, 5.74) is 14.0. The monoisotopic (exact) mass is 668 g/mol. The van der Waals surface area contributed by atoms with Gasteiger partial charge in [0.1, 0.15) is 16.1 Å². The summed E-state index contributed by atoms with van der Waals surface area (Å²) in [5.74, 6) is 0. The van der Waals surface area contributed by atoms with Crippen LogP contribution in [-0.4, -0.2) is 24.9 Å². The standard InChI is InChI=1S/C46H32N2Si2/c1-49(2)39-18-8-6-12-33(39)41-40(49)22-21-30-26-13-9-15-28-34-24-37-35(23-36(34)47(42(26)28)44(30)41)29-16-10-14-27-31-19-20-32-25-11-5-7-17-38(25)50(3,4)46(32)45(31)48(37)43(27)29/h5-24H,1-4H3. The zero-order chi connectivity index (χ0) is 33.0. The van der Waals surface area contributed by atoms with Crippen LogP contribution in [0.2, 0.25) is 26.2 Å². The summed E-state index contributed by atoms with van der Waals surface area (Å²) < 4.78 is 5.32. The van der Waals surface area contributed by atoms with Crippen molar-refractivity contribution in [3.8, 4) is 22.3 Å². The van der Waals surface area contributed by atoms with Gasteiger partial charge in [0.05, 0.1) is 33.1 Å². The van der Waals surface area contributed by atoms with E-state index in [1.54, 1.807) is 20.7 Å². The fourth-order valence-corrected chi connectivity index (χ4v) is 17.5. The van der Waals surface area contributed by atoms with Gasteiger partial charge in [-0.05, 0) is 49.6 Å². The highest BCUT2D eigenvalue weighted by Crippen LogP contribution is 2.47. The molecule has 4 aromatic heterocycles. The Kier molecular flexibility index (Phi) is 4.30. The highest BCUT2D eigenvalue weighted by Gasteiger charge is 2.41. The predicted octanol–water partition coefficient (Wildman–Crippen LogP) is 9.59. The molecule has 0 bridgehead atoms. The lowest BCUT2D eigenvalue weighted by Crippen LogP contribution is -2.49. The van der Waals surface area contributed by atoms with Gasteiger partial charge in [-0.2, -0.15) is 0 Å². The van der Waals surface area contributed by atoms with Crippen molar-refractivity contribution in [2.75, 3.05) is 0 Å². The van der Waals surface area contributed by atoms with Gasteiger partial charge in [-0.3, -0.25) is 0 Å². The lowest BCUT2D eigenvalue weighted by molar-refractivity contribution is 1.37. The van der Waals surface area contributed by atoms with E-state index in [4.69, 9.17) is 0 Å². The number of benzene rings is 7. The van der Waals surface area contributed by atoms with Gasteiger partial charge >= 0.3 is 0 Å². The van der Waals surface area contributed by atoms with Crippen molar-refractivity contribution in [1.29, 1.82) is 0 Å². The highest BCUT2D eigenvalue weighted by atomic mass is 28.3. The molecule has 2 aliphatic heterocycles. The molecule has 0 fully saturated rings. The van der Waals surface area contributed by atoms with Gasteiger partial charge in [0.25, 0.3) is 0 Å². The zero-order valence-electron chi connectivity index (χ0n) is 28.4. The van der Waals surface area contributed by atoms with Crippen LogP contribution < -0.4 is 20.7 Å². The van der Waals surface area contributed by atoms with Crippen molar-refractivity contribution in [2.24, 2.45) is 0 Å². The maximum absolute atomic E-state index is 2.67. The van der Waals surface area contributed by atoms with Crippen LogP contribution in [0.4, 0.5) is 0 Å². The molecule has 2 nitrogen and oxygen atoms in total. The molecule has 0 N–H and O–H groups in total. The fourth-order valence-electron chi connectivity index (χ4n) is 11.0. The first-order valence-corrected chi connectivity index (χ1v) is 24.0. The Balaban J connectivity index is 1.25.